The molecule has 160 valence electrons. The summed E-state index contributed by atoms with van der Waals surface area (Å²) in [4.78, 5) is 12.3. The first-order chi connectivity index (χ1) is 15.6. The second kappa shape index (κ2) is 9.79. The van der Waals surface area contributed by atoms with Gasteiger partial charge in [0.1, 0.15) is 11.5 Å². The number of amides is 1. The number of methoxy groups -OCH3 is 1. The lowest BCUT2D eigenvalue weighted by atomic mass is 10.0. The summed E-state index contributed by atoms with van der Waals surface area (Å²) in [5.41, 5.74) is 6.19. The molecule has 0 fully saturated rings. The summed E-state index contributed by atoms with van der Waals surface area (Å²) in [5, 5.41) is 6.39. The number of benzene rings is 4. The van der Waals surface area contributed by atoms with Crippen molar-refractivity contribution in [3.05, 3.63) is 96.6 Å². The maximum atomic E-state index is 12.3. The second-order valence-electron chi connectivity index (χ2n) is 7.31. The van der Waals surface area contributed by atoms with Gasteiger partial charge in [-0.2, -0.15) is 5.10 Å². The van der Waals surface area contributed by atoms with Gasteiger partial charge in [0.15, 0.2) is 6.61 Å². The highest BCUT2D eigenvalue weighted by Crippen LogP contribution is 2.29. The number of ether oxygens (including phenoxy) is 2. The molecule has 0 unspecified atom stereocenters. The zero-order chi connectivity index (χ0) is 22.3. The van der Waals surface area contributed by atoms with Gasteiger partial charge >= 0.3 is 0 Å². The van der Waals surface area contributed by atoms with Crippen LogP contribution in [0.4, 0.5) is 0 Å². The molecule has 0 aliphatic carbocycles. The lowest BCUT2D eigenvalue weighted by Gasteiger charge is -2.11. The van der Waals surface area contributed by atoms with Crippen molar-refractivity contribution in [2.24, 2.45) is 5.10 Å². The lowest BCUT2D eigenvalue weighted by Crippen LogP contribution is -2.25. The Morgan fingerprint density at radius 3 is 2.41 bits per heavy atom. The number of hydrazone groups is 1. The van der Waals surface area contributed by atoms with Gasteiger partial charge in [-0.1, -0.05) is 66.7 Å². The average molecular weight is 425 g/mol. The Bertz CT molecular complexity index is 1270. The minimum Gasteiger partial charge on any atom is -0.497 e. The third-order valence-corrected chi connectivity index (χ3v) is 5.14. The van der Waals surface area contributed by atoms with Crippen molar-refractivity contribution in [2.45, 2.75) is 6.92 Å². The minimum atomic E-state index is -0.322. The van der Waals surface area contributed by atoms with Crippen LogP contribution in [0.2, 0.25) is 0 Å². The summed E-state index contributed by atoms with van der Waals surface area (Å²) in [7, 11) is 1.65. The molecule has 0 atom stereocenters. The number of carbonyl (C=O) groups excluding carboxylic acids is 1. The van der Waals surface area contributed by atoms with Crippen LogP contribution in [-0.4, -0.2) is 25.3 Å². The summed E-state index contributed by atoms with van der Waals surface area (Å²) in [6.07, 6.45) is 0. The van der Waals surface area contributed by atoms with E-state index >= 15 is 0 Å². The van der Waals surface area contributed by atoms with Crippen LogP contribution in [0.25, 0.3) is 21.9 Å². The number of nitrogens with one attached hydrogen (secondary N) is 1. The quantitative estimate of drug-likeness (QED) is 0.318. The van der Waals surface area contributed by atoms with Gasteiger partial charge in [0.2, 0.25) is 0 Å². The number of hydrogen-bond acceptors (Lipinski definition) is 4. The zero-order valence-electron chi connectivity index (χ0n) is 18.0. The van der Waals surface area contributed by atoms with Crippen molar-refractivity contribution in [3.63, 3.8) is 0 Å². The Kier molecular flexibility index (Phi) is 6.46. The van der Waals surface area contributed by atoms with Crippen molar-refractivity contribution in [3.8, 4) is 22.6 Å². The molecule has 0 heterocycles. The summed E-state index contributed by atoms with van der Waals surface area (Å²) >= 11 is 0. The van der Waals surface area contributed by atoms with Gasteiger partial charge in [-0.3, -0.25) is 4.79 Å². The van der Waals surface area contributed by atoms with E-state index in [9.17, 15) is 4.79 Å². The van der Waals surface area contributed by atoms with Gasteiger partial charge in [-0.15, -0.1) is 0 Å². The molecule has 0 aliphatic heterocycles. The molecule has 32 heavy (non-hydrogen) atoms. The first kappa shape index (κ1) is 21.1. The van der Waals surface area contributed by atoms with Crippen molar-refractivity contribution < 1.29 is 14.3 Å². The van der Waals surface area contributed by atoms with Crippen LogP contribution in [0.15, 0.2) is 96.1 Å². The Morgan fingerprint density at radius 1 is 0.875 bits per heavy atom. The van der Waals surface area contributed by atoms with Gasteiger partial charge in [0.25, 0.3) is 5.91 Å². The molecule has 0 aliphatic rings. The zero-order valence-corrected chi connectivity index (χ0v) is 18.0. The maximum absolute atomic E-state index is 12.3. The molecule has 5 nitrogen and oxygen atoms in total. The molecule has 4 aromatic carbocycles. The topological polar surface area (TPSA) is 59.9 Å². The molecule has 4 rings (SSSR count). The van der Waals surface area contributed by atoms with Crippen molar-refractivity contribution in [2.75, 3.05) is 13.7 Å². The predicted octanol–water partition coefficient (Wildman–Crippen LogP) is 5.43. The number of hydrogen-bond donors (Lipinski definition) is 1. The van der Waals surface area contributed by atoms with Gasteiger partial charge in [0, 0.05) is 5.56 Å². The normalized spacial score (nSPS) is 11.2. The third kappa shape index (κ3) is 4.95. The summed E-state index contributed by atoms with van der Waals surface area (Å²) in [5.74, 6) is 1.15. The molecule has 4 aromatic rings. The van der Waals surface area contributed by atoms with E-state index in [1.165, 1.54) is 0 Å². The van der Waals surface area contributed by atoms with E-state index in [1.807, 2.05) is 97.9 Å². The molecule has 0 saturated heterocycles. The Hall–Kier alpha value is -4.12. The van der Waals surface area contributed by atoms with Gasteiger partial charge in [0.05, 0.1) is 12.8 Å². The van der Waals surface area contributed by atoms with Crippen LogP contribution in [0, 0.1) is 0 Å². The Labute approximate surface area is 187 Å². The number of rotatable bonds is 7. The fourth-order valence-electron chi connectivity index (χ4n) is 3.41. The first-order valence-electron chi connectivity index (χ1n) is 10.3. The highest BCUT2D eigenvalue weighted by atomic mass is 16.5. The third-order valence-electron chi connectivity index (χ3n) is 5.14. The smallest absolute Gasteiger partial charge is 0.277 e. The van der Waals surface area contributed by atoms with Crippen LogP contribution in [-0.2, 0) is 4.79 Å². The van der Waals surface area contributed by atoms with Crippen LogP contribution in [0.1, 0.15) is 12.5 Å². The summed E-state index contributed by atoms with van der Waals surface area (Å²) < 4.78 is 11.0. The van der Waals surface area contributed by atoms with Gasteiger partial charge in [-0.25, -0.2) is 5.43 Å². The predicted molar refractivity (Wildman–Crippen MR) is 128 cm³/mol. The second-order valence-corrected chi connectivity index (χ2v) is 7.31. The number of nitrogens with zero attached hydrogens (tertiary/aromatic N) is 1. The van der Waals surface area contributed by atoms with Crippen LogP contribution in [0.3, 0.4) is 0 Å². The van der Waals surface area contributed by atoms with E-state index in [0.29, 0.717) is 11.5 Å². The van der Waals surface area contributed by atoms with Crippen molar-refractivity contribution in [1.29, 1.82) is 0 Å². The van der Waals surface area contributed by atoms with Crippen LogP contribution < -0.4 is 14.9 Å². The fourth-order valence-corrected chi connectivity index (χ4v) is 3.41. The molecule has 0 aromatic heterocycles. The van der Waals surface area contributed by atoms with E-state index < -0.39 is 0 Å². The summed E-state index contributed by atoms with van der Waals surface area (Å²) in [6, 6.07) is 29.5. The molecular weight excluding hydrogens is 400 g/mol. The van der Waals surface area contributed by atoms with Gasteiger partial charge in [-0.05, 0) is 53.1 Å². The lowest BCUT2D eigenvalue weighted by molar-refractivity contribution is -0.123. The standard InChI is InChI=1S/C27H24N2O3/c1-19(21-12-13-23-17-24(31-2)15-14-22(23)16-21)28-29-27(30)18-32-26-11-7-6-10-25(26)20-8-4-3-5-9-20/h3-17H,18H2,1-2H3,(H,29,30). The van der Waals surface area contributed by atoms with E-state index in [4.69, 9.17) is 9.47 Å². The highest BCUT2D eigenvalue weighted by Gasteiger charge is 2.08. The van der Waals surface area contributed by atoms with E-state index in [1.54, 1.807) is 7.11 Å². The number of para-hydroxylation sites is 1. The minimum absolute atomic E-state index is 0.127. The van der Waals surface area contributed by atoms with Crippen molar-refractivity contribution in [1.82, 2.24) is 5.43 Å². The highest BCUT2D eigenvalue weighted by molar-refractivity contribution is 6.02. The maximum Gasteiger partial charge on any atom is 0.277 e. The summed E-state index contributed by atoms with van der Waals surface area (Å²) in [6.45, 7) is 1.73. The molecule has 1 N–H and O–H groups in total. The largest absolute Gasteiger partial charge is 0.497 e. The molecule has 0 saturated carbocycles. The fraction of sp³-hybridized carbons (Fsp3) is 0.111. The van der Waals surface area contributed by atoms with Crippen molar-refractivity contribution >= 4 is 22.4 Å². The van der Waals surface area contributed by atoms with E-state index in [-0.39, 0.29) is 12.5 Å². The first-order valence-corrected chi connectivity index (χ1v) is 10.3. The van der Waals surface area contributed by atoms with E-state index in [0.717, 1.165) is 33.2 Å². The SMILES string of the molecule is COc1ccc2cc(C(C)=NNC(=O)COc3ccccc3-c3ccccc3)ccc2c1. The van der Waals surface area contributed by atoms with Crippen LogP contribution in [0.5, 0.6) is 11.5 Å². The molecule has 0 spiro atoms. The van der Waals surface area contributed by atoms with E-state index in [2.05, 4.69) is 10.5 Å². The number of carbonyl (C=O) groups is 1. The van der Waals surface area contributed by atoms with Gasteiger partial charge < -0.3 is 9.47 Å². The van der Waals surface area contributed by atoms with Crippen LogP contribution >= 0.6 is 0 Å². The molecule has 5 heteroatoms. The molecule has 0 bridgehead atoms. The Balaban J connectivity index is 1.40. The molecular formula is C27H24N2O3. The number of fused-ring (bicyclic) bond motifs is 1. The Morgan fingerprint density at radius 2 is 1.59 bits per heavy atom. The average Bonchev–Trinajstić information content (AvgIpc) is 2.86. The molecule has 0 radical (unpaired) electrons. The molecule has 1 amide bonds. The monoisotopic (exact) mass is 424 g/mol.